The largest absolute Gasteiger partial charge is 0.497 e. The number of likely N-dealkylation sites (N-methyl/N-ethyl adjacent to an activating group) is 1. The molecule has 1 heterocycles. The van der Waals surface area contributed by atoms with Gasteiger partial charge in [-0.3, -0.25) is 9.69 Å². The average molecular weight is 408 g/mol. The van der Waals surface area contributed by atoms with E-state index in [0.717, 1.165) is 22.0 Å². The standard InChI is InChI=1S/C19H19ClFN3O2S/c1-23(2)8-9-24(18(25)14-6-4-12(21)10-15(14)20)19-22-16-7-5-13(26-3)11-17(16)27-19/h4-7,10-11H,8-9H2,1-3H3. The van der Waals surface area contributed by atoms with Gasteiger partial charge in [0.05, 0.1) is 27.9 Å². The van der Waals surface area contributed by atoms with Crippen molar-refractivity contribution in [1.82, 2.24) is 9.88 Å². The van der Waals surface area contributed by atoms with Crippen LogP contribution in [0.25, 0.3) is 10.2 Å². The zero-order valence-electron chi connectivity index (χ0n) is 15.2. The summed E-state index contributed by atoms with van der Waals surface area (Å²) in [5.41, 5.74) is 1.03. The summed E-state index contributed by atoms with van der Waals surface area (Å²) >= 11 is 7.50. The summed E-state index contributed by atoms with van der Waals surface area (Å²) < 4.78 is 19.5. The number of benzene rings is 2. The molecule has 3 aromatic rings. The van der Waals surface area contributed by atoms with Gasteiger partial charge in [0.2, 0.25) is 0 Å². The molecule has 0 N–H and O–H groups in total. The second kappa shape index (κ2) is 8.21. The molecule has 0 spiro atoms. The Labute approximate surface area is 165 Å². The Morgan fingerprint density at radius 2 is 2.00 bits per heavy atom. The van der Waals surface area contributed by atoms with E-state index in [1.165, 1.54) is 23.5 Å². The minimum absolute atomic E-state index is 0.0811. The van der Waals surface area contributed by atoms with E-state index in [9.17, 15) is 9.18 Å². The lowest BCUT2D eigenvalue weighted by molar-refractivity contribution is 0.0985. The first-order chi connectivity index (χ1) is 12.9. The zero-order valence-corrected chi connectivity index (χ0v) is 16.8. The highest BCUT2D eigenvalue weighted by atomic mass is 35.5. The number of hydrogen-bond donors (Lipinski definition) is 0. The van der Waals surface area contributed by atoms with Crippen molar-refractivity contribution >= 4 is 44.2 Å². The van der Waals surface area contributed by atoms with Crippen LogP contribution in [-0.2, 0) is 0 Å². The second-order valence-electron chi connectivity index (χ2n) is 6.21. The number of thiazole rings is 1. The fourth-order valence-electron chi connectivity index (χ4n) is 2.53. The van der Waals surface area contributed by atoms with Crippen LogP contribution in [-0.4, -0.2) is 50.1 Å². The van der Waals surface area contributed by atoms with Crippen LogP contribution in [0.2, 0.25) is 5.02 Å². The summed E-state index contributed by atoms with van der Waals surface area (Å²) in [6.07, 6.45) is 0. The molecule has 0 saturated heterocycles. The van der Waals surface area contributed by atoms with Crippen molar-refractivity contribution in [2.24, 2.45) is 0 Å². The van der Waals surface area contributed by atoms with Crippen molar-refractivity contribution in [3.05, 3.63) is 52.8 Å². The van der Waals surface area contributed by atoms with Crippen LogP contribution in [0.3, 0.4) is 0 Å². The Morgan fingerprint density at radius 3 is 2.67 bits per heavy atom. The van der Waals surface area contributed by atoms with E-state index in [1.807, 2.05) is 37.2 Å². The topological polar surface area (TPSA) is 45.7 Å². The molecule has 0 aliphatic heterocycles. The Morgan fingerprint density at radius 1 is 1.22 bits per heavy atom. The van der Waals surface area contributed by atoms with Crippen molar-refractivity contribution in [3.63, 3.8) is 0 Å². The van der Waals surface area contributed by atoms with E-state index in [2.05, 4.69) is 4.98 Å². The monoisotopic (exact) mass is 407 g/mol. The predicted octanol–water partition coefficient (Wildman–Crippen LogP) is 4.31. The van der Waals surface area contributed by atoms with Crippen molar-refractivity contribution in [2.45, 2.75) is 0 Å². The molecular weight excluding hydrogens is 389 g/mol. The quantitative estimate of drug-likeness (QED) is 0.611. The molecule has 0 bridgehead atoms. The molecule has 0 fully saturated rings. The number of fused-ring (bicyclic) bond motifs is 1. The molecule has 142 valence electrons. The summed E-state index contributed by atoms with van der Waals surface area (Å²) in [4.78, 5) is 21.3. The fraction of sp³-hybridized carbons (Fsp3) is 0.263. The normalized spacial score (nSPS) is 11.2. The van der Waals surface area contributed by atoms with Crippen molar-refractivity contribution in [1.29, 1.82) is 0 Å². The summed E-state index contributed by atoms with van der Waals surface area (Å²) in [6, 6.07) is 9.34. The molecule has 0 aliphatic carbocycles. The molecule has 0 radical (unpaired) electrons. The van der Waals surface area contributed by atoms with Crippen LogP contribution in [0.1, 0.15) is 10.4 Å². The lowest BCUT2D eigenvalue weighted by atomic mass is 10.2. The molecule has 0 aliphatic rings. The number of methoxy groups -OCH3 is 1. The maximum absolute atomic E-state index is 13.4. The number of carbonyl (C=O) groups is 1. The number of carbonyl (C=O) groups excluding carboxylic acids is 1. The van der Waals surface area contributed by atoms with E-state index >= 15 is 0 Å². The number of nitrogens with zero attached hydrogens (tertiary/aromatic N) is 3. The molecule has 27 heavy (non-hydrogen) atoms. The third-order valence-corrected chi connectivity index (χ3v) is 5.35. The van der Waals surface area contributed by atoms with E-state index in [-0.39, 0.29) is 16.5 Å². The molecule has 0 atom stereocenters. The highest BCUT2D eigenvalue weighted by Crippen LogP contribution is 2.32. The summed E-state index contributed by atoms with van der Waals surface area (Å²) in [5.74, 6) is -0.0678. The first-order valence-corrected chi connectivity index (χ1v) is 9.44. The van der Waals surface area contributed by atoms with Gasteiger partial charge in [-0.25, -0.2) is 9.37 Å². The Kier molecular flexibility index (Phi) is 5.94. The van der Waals surface area contributed by atoms with E-state index in [0.29, 0.717) is 18.2 Å². The minimum Gasteiger partial charge on any atom is -0.497 e. The molecule has 0 saturated carbocycles. The van der Waals surface area contributed by atoms with Crippen LogP contribution < -0.4 is 9.64 Å². The highest BCUT2D eigenvalue weighted by Gasteiger charge is 2.23. The first kappa shape index (κ1) is 19.5. The molecule has 0 unspecified atom stereocenters. The van der Waals surface area contributed by atoms with Crippen molar-refractivity contribution < 1.29 is 13.9 Å². The molecule has 1 aromatic heterocycles. The van der Waals surface area contributed by atoms with Gasteiger partial charge >= 0.3 is 0 Å². The number of anilines is 1. The molecular formula is C19H19ClFN3O2S. The minimum atomic E-state index is -0.483. The molecule has 5 nitrogen and oxygen atoms in total. The SMILES string of the molecule is COc1ccc2nc(N(CCN(C)C)C(=O)c3ccc(F)cc3Cl)sc2c1. The Balaban J connectivity index is 2.01. The lowest BCUT2D eigenvalue weighted by Crippen LogP contribution is -2.36. The van der Waals surface area contributed by atoms with Crippen LogP contribution in [0.15, 0.2) is 36.4 Å². The van der Waals surface area contributed by atoms with Crippen LogP contribution in [0.4, 0.5) is 9.52 Å². The smallest absolute Gasteiger partial charge is 0.261 e. The fourth-order valence-corrected chi connectivity index (χ4v) is 3.79. The zero-order chi connectivity index (χ0) is 19.6. The average Bonchev–Trinajstić information content (AvgIpc) is 3.04. The van der Waals surface area contributed by atoms with Crippen molar-refractivity contribution in [3.8, 4) is 5.75 Å². The maximum atomic E-state index is 13.4. The Hall–Kier alpha value is -2.22. The van der Waals surface area contributed by atoms with E-state index < -0.39 is 5.82 Å². The van der Waals surface area contributed by atoms with Crippen LogP contribution in [0.5, 0.6) is 5.75 Å². The predicted molar refractivity (Wildman–Crippen MR) is 108 cm³/mol. The number of rotatable bonds is 6. The second-order valence-corrected chi connectivity index (χ2v) is 7.63. The molecule has 2 aromatic carbocycles. The van der Waals surface area contributed by atoms with Gasteiger partial charge in [0, 0.05) is 13.1 Å². The molecule has 8 heteroatoms. The lowest BCUT2D eigenvalue weighted by Gasteiger charge is -2.22. The number of halogens is 2. The van der Waals surface area contributed by atoms with Gasteiger partial charge in [-0.1, -0.05) is 22.9 Å². The van der Waals surface area contributed by atoms with Gasteiger partial charge in [-0.15, -0.1) is 0 Å². The maximum Gasteiger partial charge on any atom is 0.261 e. The van der Waals surface area contributed by atoms with Gasteiger partial charge in [0.1, 0.15) is 11.6 Å². The highest BCUT2D eigenvalue weighted by molar-refractivity contribution is 7.22. The summed E-state index contributed by atoms with van der Waals surface area (Å²) in [5, 5.41) is 0.642. The van der Waals surface area contributed by atoms with Crippen molar-refractivity contribution in [2.75, 3.05) is 39.2 Å². The Bertz CT molecular complexity index is 977. The van der Waals surface area contributed by atoms with Crippen LogP contribution in [0, 0.1) is 5.82 Å². The number of aromatic nitrogens is 1. The van der Waals surface area contributed by atoms with E-state index in [1.54, 1.807) is 12.0 Å². The van der Waals surface area contributed by atoms with Gasteiger partial charge in [0.25, 0.3) is 5.91 Å². The van der Waals surface area contributed by atoms with E-state index in [4.69, 9.17) is 16.3 Å². The van der Waals surface area contributed by atoms with Gasteiger partial charge in [-0.2, -0.15) is 0 Å². The molecule has 3 rings (SSSR count). The molecule has 1 amide bonds. The summed E-state index contributed by atoms with van der Waals surface area (Å²) in [6.45, 7) is 1.07. The van der Waals surface area contributed by atoms with Gasteiger partial charge in [-0.05, 0) is 50.5 Å². The first-order valence-electron chi connectivity index (χ1n) is 8.25. The number of hydrogen-bond acceptors (Lipinski definition) is 5. The van der Waals surface area contributed by atoms with Gasteiger partial charge in [0.15, 0.2) is 5.13 Å². The summed E-state index contributed by atoms with van der Waals surface area (Å²) in [7, 11) is 5.46. The number of amides is 1. The third-order valence-electron chi connectivity index (χ3n) is 3.99. The van der Waals surface area contributed by atoms with Crippen LogP contribution >= 0.6 is 22.9 Å². The third kappa shape index (κ3) is 4.37. The van der Waals surface area contributed by atoms with Gasteiger partial charge < -0.3 is 9.64 Å². The number of ether oxygens (including phenoxy) is 1.